The van der Waals surface area contributed by atoms with Gasteiger partial charge in [-0.15, -0.1) is 0 Å². The number of hydrogen-bond acceptors (Lipinski definition) is 0. The van der Waals surface area contributed by atoms with E-state index in [1.54, 1.807) is 0 Å². The van der Waals surface area contributed by atoms with Crippen LogP contribution in [-0.4, -0.2) is 8.07 Å². The standard InChI is InChI=1S/C9H22Si.I2/c1-6-9(7-2)8-10(3,4)5;1-2/h9H,6-8H2,1-5H3;. The predicted molar refractivity (Wildman–Crippen MR) is 80.3 cm³/mol. The zero-order valence-electron chi connectivity index (χ0n) is 8.95. The Hall–Kier alpha value is 1.68. The van der Waals surface area contributed by atoms with E-state index >= 15 is 0 Å². The number of rotatable bonds is 4. The van der Waals surface area contributed by atoms with Crippen molar-refractivity contribution in [1.82, 2.24) is 0 Å². The molecule has 0 aliphatic rings. The number of halogens is 2. The molecule has 0 fully saturated rings. The molecule has 0 aromatic rings. The summed E-state index contributed by atoms with van der Waals surface area (Å²) in [5.41, 5.74) is 0. The van der Waals surface area contributed by atoms with E-state index in [-0.39, 0.29) is 0 Å². The van der Waals surface area contributed by atoms with Crippen molar-refractivity contribution >= 4 is 45.3 Å². The van der Waals surface area contributed by atoms with Crippen molar-refractivity contribution in [2.75, 3.05) is 0 Å². The van der Waals surface area contributed by atoms with Crippen LogP contribution in [-0.2, 0) is 0 Å². The molecule has 0 nitrogen and oxygen atoms in total. The lowest BCUT2D eigenvalue weighted by molar-refractivity contribution is 0.536. The third-order valence-electron chi connectivity index (χ3n) is 2.06. The summed E-state index contributed by atoms with van der Waals surface area (Å²) in [5.74, 6) is 1.01. The largest absolute Gasteiger partial charge is 0.0695 e. The molecule has 0 rings (SSSR count). The van der Waals surface area contributed by atoms with Gasteiger partial charge in [0.15, 0.2) is 0 Å². The fourth-order valence-corrected chi connectivity index (χ4v) is 3.75. The first-order valence-corrected chi connectivity index (χ1v) is 14.6. The molecule has 0 bridgehead atoms. The minimum atomic E-state index is -0.762. The summed E-state index contributed by atoms with van der Waals surface area (Å²) in [6.45, 7) is 12.0. The van der Waals surface area contributed by atoms with Crippen LogP contribution in [0.2, 0.25) is 25.7 Å². The van der Waals surface area contributed by atoms with Crippen molar-refractivity contribution in [2.45, 2.75) is 52.4 Å². The predicted octanol–water partition coefficient (Wildman–Crippen LogP) is 5.53. The fourth-order valence-electron chi connectivity index (χ4n) is 1.44. The SMILES string of the molecule is CCC(CC)C[Si](C)(C)C.II. The van der Waals surface area contributed by atoms with E-state index in [0.717, 1.165) is 5.92 Å². The molecule has 0 spiro atoms. The second-order valence-corrected chi connectivity index (χ2v) is 9.98. The molecule has 0 atom stereocenters. The Morgan fingerprint density at radius 2 is 1.33 bits per heavy atom. The first-order chi connectivity index (χ1) is 5.49. The van der Waals surface area contributed by atoms with Gasteiger partial charge in [0, 0.05) is 45.3 Å². The molecule has 0 saturated carbocycles. The van der Waals surface area contributed by atoms with Crippen LogP contribution in [0.15, 0.2) is 0 Å². The van der Waals surface area contributed by atoms with Gasteiger partial charge in [0.2, 0.25) is 0 Å². The zero-order chi connectivity index (χ0) is 10.2. The van der Waals surface area contributed by atoms with E-state index in [0.29, 0.717) is 0 Å². The van der Waals surface area contributed by atoms with E-state index in [4.69, 9.17) is 0 Å². The normalized spacial score (nSPS) is 11.0. The zero-order valence-corrected chi connectivity index (χ0v) is 14.3. The molecule has 76 valence electrons. The maximum atomic E-state index is 2.46. The van der Waals surface area contributed by atoms with Gasteiger partial charge in [0.05, 0.1) is 0 Å². The van der Waals surface area contributed by atoms with Gasteiger partial charge in [0.1, 0.15) is 0 Å². The van der Waals surface area contributed by atoms with Crippen molar-refractivity contribution < 1.29 is 0 Å². The minimum Gasteiger partial charge on any atom is -0.0695 e. The monoisotopic (exact) mass is 412 g/mol. The van der Waals surface area contributed by atoms with Crippen LogP contribution in [0.3, 0.4) is 0 Å². The minimum absolute atomic E-state index is 0.762. The molecular weight excluding hydrogens is 390 g/mol. The van der Waals surface area contributed by atoms with Gasteiger partial charge in [-0.25, -0.2) is 0 Å². The molecular formula is C9H22I2Si. The Morgan fingerprint density at radius 1 is 1.00 bits per heavy atom. The van der Waals surface area contributed by atoms with Crippen molar-refractivity contribution in [3.8, 4) is 0 Å². The van der Waals surface area contributed by atoms with E-state index in [2.05, 4.69) is 70.7 Å². The molecule has 0 unspecified atom stereocenters. The summed E-state index contributed by atoms with van der Waals surface area (Å²) < 4.78 is 0. The third kappa shape index (κ3) is 11.7. The van der Waals surface area contributed by atoms with E-state index in [9.17, 15) is 0 Å². The van der Waals surface area contributed by atoms with E-state index in [1.165, 1.54) is 18.9 Å². The average molecular weight is 412 g/mol. The fraction of sp³-hybridized carbons (Fsp3) is 1.00. The molecule has 0 aromatic carbocycles. The maximum absolute atomic E-state index is 2.46. The van der Waals surface area contributed by atoms with Crippen molar-refractivity contribution in [3.63, 3.8) is 0 Å². The van der Waals surface area contributed by atoms with Crippen LogP contribution in [0.25, 0.3) is 0 Å². The van der Waals surface area contributed by atoms with Crippen LogP contribution in [0, 0.1) is 5.92 Å². The van der Waals surface area contributed by atoms with Crippen LogP contribution in [0.1, 0.15) is 26.7 Å². The topological polar surface area (TPSA) is 0 Å². The highest BCUT2D eigenvalue weighted by atomic mass is 128. The highest BCUT2D eigenvalue weighted by Crippen LogP contribution is 2.21. The Bertz CT molecular complexity index is 85.0. The summed E-state index contributed by atoms with van der Waals surface area (Å²) in [4.78, 5) is 0. The average Bonchev–Trinajstić information content (AvgIpc) is 2.02. The van der Waals surface area contributed by atoms with Crippen LogP contribution < -0.4 is 0 Å². The molecule has 0 amide bonds. The van der Waals surface area contributed by atoms with E-state index in [1.807, 2.05) is 0 Å². The molecule has 0 N–H and O–H groups in total. The van der Waals surface area contributed by atoms with Crippen molar-refractivity contribution in [1.29, 1.82) is 0 Å². The first kappa shape index (κ1) is 16.1. The van der Waals surface area contributed by atoms with Gasteiger partial charge >= 0.3 is 0 Å². The van der Waals surface area contributed by atoms with Crippen molar-refractivity contribution in [3.05, 3.63) is 0 Å². The Morgan fingerprint density at radius 3 is 1.42 bits per heavy atom. The summed E-state index contributed by atoms with van der Waals surface area (Å²) in [7, 11) is -0.762. The van der Waals surface area contributed by atoms with Crippen LogP contribution in [0.4, 0.5) is 0 Å². The second kappa shape index (κ2) is 9.24. The lowest BCUT2D eigenvalue weighted by atomic mass is 10.1. The highest BCUT2D eigenvalue weighted by Gasteiger charge is 2.17. The smallest absolute Gasteiger partial charge is 0.0445 e. The Balaban J connectivity index is 0. The Labute approximate surface area is 103 Å². The molecule has 0 aliphatic carbocycles. The maximum Gasteiger partial charge on any atom is 0.0445 e. The summed E-state index contributed by atoms with van der Waals surface area (Å²) >= 11 is 4.24. The number of hydrogen-bond donors (Lipinski definition) is 0. The molecule has 12 heavy (non-hydrogen) atoms. The Kier molecular flexibility index (Phi) is 12.4. The molecule has 0 heterocycles. The molecule has 3 heteroatoms. The van der Waals surface area contributed by atoms with E-state index < -0.39 is 8.07 Å². The third-order valence-corrected chi connectivity index (χ3v) is 3.86. The molecule has 0 aliphatic heterocycles. The highest BCUT2D eigenvalue weighted by molar-refractivity contribution is 15.0. The molecule has 0 radical (unpaired) electrons. The molecule has 0 saturated heterocycles. The first-order valence-electron chi connectivity index (χ1n) is 4.64. The lowest BCUT2D eigenvalue weighted by Crippen LogP contribution is -2.23. The van der Waals surface area contributed by atoms with Gasteiger partial charge in [-0.3, -0.25) is 0 Å². The summed E-state index contributed by atoms with van der Waals surface area (Å²) in [6.07, 6.45) is 2.75. The summed E-state index contributed by atoms with van der Waals surface area (Å²) in [5, 5.41) is 0. The van der Waals surface area contributed by atoms with Gasteiger partial charge in [-0.05, 0) is 5.92 Å². The second-order valence-electron chi connectivity index (χ2n) is 4.45. The molecule has 0 aromatic heterocycles. The summed E-state index contributed by atoms with van der Waals surface area (Å²) in [6, 6.07) is 1.51. The van der Waals surface area contributed by atoms with Crippen molar-refractivity contribution in [2.24, 2.45) is 5.92 Å². The van der Waals surface area contributed by atoms with Gasteiger partial charge in [-0.1, -0.05) is 52.4 Å². The van der Waals surface area contributed by atoms with Gasteiger partial charge in [-0.2, -0.15) is 0 Å². The van der Waals surface area contributed by atoms with Crippen LogP contribution in [0.5, 0.6) is 0 Å². The van der Waals surface area contributed by atoms with Gasteiger partial charge in [0.25, 0.3) is 0 Å². The van der Waals surface area contributed by atoms with Crippen LogP contribution >= 0.6 is 37.2 Å². The quantitative estimate of drug-likeness (QED) is 0.421. The van der Waals surface area contributed by atoms with Gasteiger partial charge < -0.3 is 0 Å². The lowest BCUT2D eigenvalue weighted by Gasteiger charge is -2.22.